The minimum absolute atomic E-state index is 0.0205. The van der Waals surface area contributed by atoms with Crippen LogP contribution in [0.4, 0.5) is 4.79 Å². The fourth-order valence-corrected chi connectivity index (χ4v) is 4.73. The molecule has 0 saturated heterocycles. The molecule has 1 atom stereocenters. The monoisotopic (exact) mass is 462 g/mol. The molecule has 6 heteroatoms. The number of allylic oxidation sites excluding steroid dienone is 1. The number of aliphatic hydroxyl groups excluding tert-OH is 1. The quantitative estimate of drug-likeness (QED) is 0.250. The van der Waals surface area contributed by atoms with Crippen molar-refractivity contribution >= 4 is 16.9 Å². The standard InChI is InChI=1S/C29H23N3O3/c1-18(32-30)27(33)26(17-20-11-8-10-19-9-2-3-12-21(19)20)31-29(34)35-28-24-15-6-4-13-22(24)23-14-5-7-16-25(23)28/h2-16,26,28H,17H2,1H3,(H-,31,33,34)/p+1/b27-18-/t26-/m0/s1. The maximum atomic E-state index is 13.1. The molecular formula is C29H24N3O3+. The number of aliphatic hydroxyl groups is 1. The molecule has 2 N–H and O–H groups in total. The lowest BCUT2D eigenvalue weighted by atomic mass is 9.97. The van der Waals surface area contributed by atoms with Gasteiger partial charge in [-0.2, -0.15) is 0 Å². The predicted octanol–water partition coefficient (Wildman–Crippen LogP) is 6.89. The first-order valence-electron chi connectivity index (χ1n) is 11.4. The highest BCUT2D eigenvalue weighted by Gasteiger charge is 2.33. The lowest BCUT2D eigenvalue weighted by Crippen LogP contribution is -2.39. The molecule has 6 nitrogen and oxygen atoms in total. The number of fused-ring (bicyclic) bond motifs is 4. The van der Waals surface area contributed by atoms with Crippen molar-refractivity contribution in [3.8, 4) is 11.1 Å². The zero-order valence-electron chi connectivity index (χ0n) is 19.2. The maximum absolute atomic E-state index is 13.1. The van der Waals surface area contributed by atoms with Gasteiger partial charge in [-0.25, -0.2) is 4.79 Å². The van der Waals surface area contributed by atoms with Crippen molar-refractivity contribution in [2.24, 2.45) is 0 Å². The van der Waals surface area contributed by atoms with Crippen LogP contribution in [0.5, 0.6) is 0 Å². The third kappa shape index (κ3) is 4.20. The summed E-state index contributed by atoms with van der Waals surface area (Å²) in [4.78, 5) is 16.3. The lowest BCUT2D eigenvalue weighted by Gasteiger charge is -2.21. The summed E-state index contributed by atoms with van der Waals surface area (Å²) in [5.41, 5.74) is 4.85. The van der Waals surface area contributed by atoms with E-state index in [-0.39, 0.29) is 17.9 Å². The number of alkyl carbamates (subject to hydrolysis) is 1. The summed E-state index contributed by atoms with van der Waals surface area (Å²) in [6.07, 6.45) is -0.952. The summed E-state index contributed by atoms with van der Waals surface area (Å²) in [5, 5.41) is 24.9. The number of carbonyl (C=O) groups excluding carboxylic acids is 1. The van der Waals surface area contributed by atoms with Gasteiger partial charge in [0.2, 0.25) is 11.2 Å². The molecule has 0 unspecified atom stereocenters. The Labute approximate surface area is 203 Å². The van der Waals surface area contributed by atoms with Crippen molar-refractivity contribution in [2.75, 3.05) is 0 Å². The van der Waals surface area contributed by atoms with Crippen LogP contribution in [0.3, 0.4) is 0 Å². The Morgan fingerprint density at radius 1 is 0.943 bits per heavy atom. The van der Waals surface area contributed by atoms with Crippen molar-refractivity contribution < 1.29 is 14.6 Å². The van der Waals surface area contributed by atoms with E-state index in [0.29, 0.717) is 0 Å². The van der Waals surface area contributed by atoms with E-state index in [1.165, 1.54) is 6.92 Å². The highest BCUT2D eigenvalue weighted by molar-refractivity contribution is 5.86. The SMILES string of the molecule is C/C([N+]#N)=C(/O)[C@H](Cc1cccc2ccccc12)NC(=O)OC1c2ccccc2-c2ccccc21. The molecule has 0 aliphatic heterocycles. The van der Waals surface area contributed by atoms with Gasteiger partial charge in [0.15, 0.2) is 11.1 Å². The largest absolute Gasteiger partial charge is 0.504 e. The number of nitrogens with zero attached hydrogens (tertiary/aromatic N) is 2. The second kappa shape index (κ2) is 9.32. The van der Waals surface area contributed by atoms with Gasteiger partial charge in [0.05, 0.1) is 0 Å². The average Bonchev–Trinajstić information content (AvgIpc) is 3.21. The Bertz CT molecular complexity index is 1450. The Morgan fingerprint density at radius 2 is 1.54 bits per heavy atom. The molecular weight excluding hydrogens is 438 g/mol. The Hall–Kier alpha value is -4.63. The molecule has 5 rings (SSSR count). The van der Waals surface area contributed by atoms with Gasteiger partial charge in [-0.05, 0) is 27.5 Å². The number of nitrogens with one attached hydrogen (secondary N) is 1. The highest BCUT2D eigenvalue weighted by Crippen LogP contribution is 2.45. The second-order valence-electron chi connectivity index (χ2n) is 8.57. The van der Waals surface area contributed by atoms with Crippen LogP contribution < -0.4 is 5.32 Å². The molecule has 0 aromatic heterocycles. The fraction of sp³-hybridized carbons (Fsp3) is 0.138. The van der Waals surface area contributed by atoms with Gasteiger partial charge in [0.25, 0.3) is 0 Å². The number of carbonyl (C=O) groups is 1. The number of hydrogen-bond donors (Lipinski definition) is 2. The van der Waals surface area contributed by atoms with E-state index in [0.717, 1.165) is 38.6 Å². The van der Waals surface area contributed by atoms with Crippen molar-refractivity contribution in [2.45, 2.75) is 25.5 Å². The van der Waals surface area contributed by atoms with E-state index < -0.39 is 18.2 Å². The molecule has 0 saturated carbocycles. The minimum Gasteiger partial charge on any atom is -0.504 e. The van der Waals surface area contributed by atoms with Gasteiger partial charge < -0.3 is 15.2 Å². The summed E-state index contributed by atoms with van der Waals surface area (Å²) in [6, 6.07) is 28.6. The van der Waals surface area contributed by atoms with Crippen LogP contribution >= 0.6 is 0 Å². The van der Waals surface area contributed by atoms with Gasteiger partial charge in [-0.1, -0.05) is 91.0 Å². The molecule has 0 heterocycles. The van der Waals surface area contributed by atoms with Crippen LogP contribution in [0.1, 0.15) is 29.7 Å². The smallest absolute Gasteiger partial charge is 0.408 e. The van der Waals surface area contributed by atoms with Gasteiger partial charge in [0, 0.05) is 24.5 Å². The second-order valence-corrected chi connectivity index (χ2v) is 8.57. The summed E-state index contributed by atoms with van der Waals surface area (Å²) in [5.74, 6) is -0.232. The topological polar surface area (TPSA) is 86.7 Å². The fourth-order valence-electron chi connectivity index (χ4n) is 4.73. The molecule has 1 aliphatic rings. The summed E-state index contributed by atoms with van der Waals surface area (Å²) >= 11 is 0. The van der Waals surface area contributed by atoms with Crippen molar-refractivity contribution in [1.82, 2.24) is 5.32 Å². The van der Waals surface area contributed by atoms with E-state index in [1.807, 2.05) is 91.0 Å². The van der Waals surface area contributed by atoms with Crippen LogP contribution in [-0.2, 0) is 11.2 Å². The molecule has 0 fully saturated rings. The first kappa shape index (κ1) is 22.2. The summed E-state index contributed by atoms with van der Waals surface area (Å²) < 4.78 is 5.91. The minimum atomic E-state index is -0.851. The van der Waals surface area contributed by atoms with Gasteiger partial charge in [-0.15, -0.1) is 0 Å². The third-order valence-corrected chi connectivity index (χ3v) is 6.45. The number of diazo groups is 1. The van der Waals surface area contributed by atoms with E-state index in [1.54, 1.807) is 0 Å². The molecule has 4 aromatic carbocycles. The Kier molecular flexibility index (Phi) is 5.90. The number of amides is 1. The van der Waals surface area contributed by atoms with Gasteiger partial charge in [0.1, 0.15) is 6.04 Å². The van der Waals surface area contributed by atoms with Crippen LogP contribution in [0.2, 0.25) is 0 Å². The molecule has 1 aliphatic carbocycles. The maximum Gasteiger partial charge on any atom is 0.408 e. The number of hydrogen-bond acceptors (Lipinski definition) is 4. The van der Waals surface area contributed by atoms with Crippen molar-refractivity contribution in [3.05, 3.63) is 124 Å². The zero-order chi connectivity index (χ0) is 24.4. The third-order valence-electron chi connectivity index (χ3n) is 6.45. The van der Waals surface area contributed by atoms with E-state index in [9.17, 15) is 15.3 Å². The predicted molar refractivity (Wildman–Crippen MR) is 135 cm³/mol. The number of ether oxygens (including phenoxy) is 1. The van der Waals surface area contributed by atoms with E-state index in [2.05, 4.69) is 10.3 Å². The first-order valence-corrected chi connectivity index (χ1v) is 11.4. The first-order chi connectivity index (χ1) is 17.1. The van der Waals surface area contributed by atoms with Gasteiger partial charge in [-0.3, -0.25) is 0 Å². The molecule has 1 amide bonds. The van der Waals surface area contributed by atoms with Crippen LogP contribution in [0, 0.1) is 5.39 Å². The van der Waals surface area contributed by atoms with Gasteiger partial charge >= 0.3 is 11.8 Å². The summed E-state index contributed by atoms with van der Waals surface area (Å²) in [7, 11) is 0. The molecule has 0 spiro atoms. The van der Waals surface area contributed by atoms with E-state index in [4.69, 9.17) is 4.74 Å². The van der Waals surface area contributed by atoms with Crippen molar-refractivity contribution in [3.63, 3.8) is 0 Å². The van der Waals surface area contributed by atoms with Crippen LogP contribution in [0.25, 0.3) is 26.9 Å². The molecule has 35 heavy (non-hydrogen) atoms. The van der Waals surface area contributed by atoms with Crippen molar-refractivity contribution in [1.29, 1.82) is 5.39 Å². The summed E-state index contributed by atoms with van der Waals surface area (Å²) in [6.45, 7) is 1.47. The van der Waals surface area contributed by atoms with Crippen LogP contribution in [0.15, 0.2) is 102 Å². The Balaban J connectivity index is 1.43. The molecule has 4 aromatic rings. The lowest BCUT2D eigenvalue weighted by molar-refractivity contribution is 0.114. The molecule has 172 valence electrons. The molecule has 0 radical (unpaired) electrons. The van der Waals surface area contributed by atoms with Crippen LogP contribution in [-0.4, -0.2) is 17.2 Å². The highest BCUT2D eigenvalue weighted by atomic mass is 16.6. The number of benzene rings is 4. The number of rotatable bonds is 5. The Morgan fingerprint density at radius 3 is 2.23 bits per heavy atom. The zero-order valence-corrected chi connectivity index (χ0v) is 19.2. The molecule has 0 bridgehead atoms. The normalized spacial score (nSPS) is 13.8. The average molecular weight is 463 g/mol. The van der Waals surface area contributed by atoms with E-state index >= 15 is 0 Å².